The Kier molecular flexibility index (Phi) is 5.82. The van der Waals surface area contributed by atoms with Crippen molar-refractivity contribution in [3.8, 4) is 0 Å². The first kappa shape index (κ1) is 16.9. The number of likely N-dealkylation sites (tertiary alicyclic amines) is 1. The van der Waals surface area contributed by atoms with Crippen LogP contribution in [0.4, 0.5) is 0 Å². The van der Waals surface area contributed by atoms with Crippen LogP contribution in [0.15, 0.2) is 53.8 Å². The molecule has 1 aliphatic heterocycles. The third kappa shape index (κ3) is 4.33. The molecule has 0 aromatic carbocycles. The zero-order valence-corrected chi connectivity index (χ0v) is 14.2. The van der Waals surface area contributed by atoms with Crippen molar-refractivity contribution in [3.05, 3.63) is 54.6 Å². The van der Waals surface area contributed by atoms with Crippen LogP contribution >= 0.6 is 11.8 Å². The maximum atomic E-state index is 12.3. The van der Waals surface area contributed by atoms with Gasteiger partial charge in [0, 0.05) is 36.6 Å². The lowest BCUT2D eigenvalue weighted by Crippen LogP contribution is -2.40. The van der Waals surface area contributed by atoms with Gasteiger partial charge in [-0.15, -0.1) is 11.8 Å². The largest absolute Gasteiger partial charge is 0.387 e. The van der Waals surface area contributed by atoms with E-state index in [1.165, 1.54) is 11.8 Å². The highest BCUT2D eigenvalue weighted by molar-refractivity contribution is 8.00. The number of hydrogen-bond donors (Lipinski definition) is 1. The van der Waals surface area contributed by atoms with Crippen LogP contribution in [0.1, 0.15) is 24.6 Å². The quantitative estimate of drug-likeness (QED) is 0.845. The number of carbonyl (C=O) groups is 1. The minimum atomic E-state index is -0.547. The van der Waals surface area contributed by atoms with Crippen molar-refractivity contribution >= 4 is 17.7 Å². The Morgan fingerprint density at radius 2 is 1.96 bits per heavy atom. The number of aliphatic hydroxyl groups excluding tert-OH is 1. The predicted molar refractivity (Wildman–Crippen MR) is 93.5 cm³/mol. The van der Waals surface area contributed by atoms with Crippen LogP contribution in [-0.2, 0) is 4.79 Å². The molecule has 0 aliphatic carbocycles. The first-order valence-corrected chi connectivity index (χ1v) is 9.12. The van der Waals surface area contributed by atoms with E-state index in [1.807, 2.05) is 35.2 Å². The van der Waals surface area contributed by atoms with E-state index in [-0.39, 0.29) is 11.8 Å². The van der Waals surface area contributed by atoms with Crippen LogP contribution < -0.4 is 0 Å². The Labute approximate surface area is 146 Å². The molecule has 0 bridgehead atoms. The number of pyridine rings is 2. The summed E-state index contributed by atoms with van der Waals surface area (Å²) in [6.07, 6.45) is 6.24. The standard InChI is InChI=1S/C18H21N3O2S/c22-17(13-24-15-4-9-19-10-5-15)21-11-6-14(7-12-21)18(23)16-3-1-2-8-20-16/h1-5,8-10,14,18,23H,6-7,11-13H2/t18-/m1/s1. The van der Waals surface area contributed by atoms with E-state index < -0.39 is 6.10 Å². The van der Waals surface area contributed by atoms with Gasteiger partial charge in [0.05, 0.1) is 17.6 Å². The van der Waals surface area contributed by atoms with Gasteiger partial charge in [-0.05, 0) is 43.0 Å². The highest BCUT2D eigenvalue weighted by Gasteiger charge is 2.28. The molecule has 126 valence electrons. The fourth-order valence-electron chi connectivity index (χ4n) is 2.93. The van der Waals surface area contributed by atoms with E-state index in [9.17, 15) is 9.90 Å². The summed E-state index contributed by atoms with van der Waals surface area (Å²) >= 11 is 1.54. The molecule has 24 heavy (non-hydrogen) atoms. The van der Waals surface area contributed by atoms with E-state index in [4.69, 9.17) is 0 Å². The number of carbonyl (C=O) groups excluding carboxylic acids is 1. The Bertz CT molecular complexity index is 646. The summed E-state index contributed by atoms with van der Waals surface area (Å²) in [6.45, 7) is 1.40. The number of nitrogens with zero attached hydrogens (tertiary/aromatic N) is 3. The second-order valence-electron chi connectivity index (χ2n) is 5.89. The van der Waals surface area contributed by atoms with Crippen LogP contribution in [-0.4, -0.2) is 44.7 Å². The van der Waals surface area contributed by atoms with E-state index in [0.29, 0.717) is 18.8 Å². The Morgan fingerprint density at radius 3 is 2.62 bits per heavy atom. The number of amides is 1. The van der Waals surface area contributed by atoms with Crippen LogP contribution in [0.3, 0.4) is 0 Å². The van der Waals surface area contributed by atoms with Crippen molar-refractivity contribution in [3.63, 3.8) is 0 Å². The molecular formula is C18H21N3O2S. The highest BCUT2D eigenvalue weighted by Crippen LogP contribution is 2.30. The molecule has 1 fully saturated rings. The molecule has 1 aliphatic rings. The SMILES string of the molecule is O=C(CSc1ccncc1)N1CCC([C@@H](O)c2ccccn2)CC1. The summed E-state index contributed by atoms with van der Waals surface area (Å²) in [5, 5.41) is 10.4. The maximum Gasteiger partial charge on any atom is 0.232 e. The molecule has 2 aromatic rings. The third-order valence-electron chi connectivity index (χ3n) is 4.34. The normalized spacial score (nSPS) is 16.8. The van der Waals surface area contributed by atoms with E-state index in [1.54, 1.807) is 18.6 Å². The minimum absolute atomic E-state index is 0.155. The summed E-state index contributed by atoms with van der Waals surface area (Å²) in [6, 6.07) is 9.41. The lowest BCUT2D eigenvalue weighted by Gasteiger charge is -2.34. The van der Waals surface area contributed by atoms with Gasteiger partial charge in [0.2, 0.25) is 5.91 Å². The van der Waals surface area contributed by atoms with Crippen molar-refractivity contribution in [2.45, 2.75) is 23.8 Å². The van der Waals surface area contributed by atoms with Crippen LogP contribution in [0.5, 0.6) is 0 Å². The van der Waals surface area contributed by atoms with Crippen LogP contribution in [0.25, 0.3) is 0 Å². The van der Waals surface area contributed by atoms with E-state index in [0.717, 1.165) is 23.4 Å². The molecular weight excluding hydrogens is 322 g/mol. The average Bonchev–Trinajstić information content (AvgIpc) is 2.67. The fourth-order valence-corrected chi connectivity index (χ4v) is 3.71. The van der Waals surface area contributed by atoms with Gasteiger partial charge in [-0.3, -0.25) is 14.8 Å². The zero-order chi connectivity index (χ0) is 16.8. The lowest BCUT2D eigenvalue weighted by atomic mass is 9.89. The van der Waals surface area contributed by atoms with Gasteiger partial charge < -0.3 is 10.0 Å². The summed E-state index contributed by atoms with van der Waals surface area (Å²) in [5.41, 5.74) is 0.718. The van der Waals surface area contributed by atoms with Crippen LogP contribution in [0, 0.1) is 5.92 Å². The molecule has 0 radical (unpaired) electrons. The number of thioether (sulfide) groups is 1. The third-order valence-corrected chi connectivity index (χ3v) is 5.34. The summed E-state index contributed by atoms with van der Waals surface area (Å²) in [5.74, 6) is 0.761. The predicted octanol–water partition coefficient (Wildman–Crippen LogP) is 2.54. The minimum Gasteiger partial charge on any atom is -0.387 e. The molecule has 1 saturated heterocycles. The van der Waals surface area contributed by atoms with Crippen molar-refractivity contribution in [1.82, 2.24) is 14.9 Å². The molecule has 1 atom stereocenters. The summed E-state index contributed by atoms with van der Waals surface area (Å²) in [7, 11) is 0. The number of hydrogen-bond acceptors (Lipinski definition) is 5. The zero-order valence-electron chi connectivity index (χ0n) is 13.4. The highest BCUT2D eigenvalue weighted by atomic mass is 32.2. The smallest absolute Gasteiger partial charge is 0.232 e. The fraction of sp³-hybridized carbons (Fsp3) is 0.389. The summed E-state index contributed by atoms with van der Waals surface area (Å²) in [4.78, 5) is 23.5. The number of piperidine rings is 1. The van der Waals surface area contributed by atoms with Crippen molar-refractivity contribution in [2.24, 2.45) is 5.92 Å². The van der Waals surface area contributed by atoms with Crippen LogP contribution in [0.2, 0.25) is 0 Å². The number of aromatic nitrogens is 2. The second kappa shape index (κ2) is 8.26. The molecule has 3 heterocycles. The number of rotatable bonds is 5. The topological polar surface area (TPSA) is 66.3 Å². The van der Waals surface area contributed by atoms with E-state index >= 15 is 0 Å². The molecule has 3 rings (SSSR count). The first-order valence-electron chi connectivity index (χ1n) is 8.13. The van der Waals surface area contributed by atoms with Gasteiger partial charge in [0.15, 0.2) is 0 Å². The first-order chi connectivity index (χ1) is 11.7. The molecule has 1 N–H and O–H groups in total. The Hall–Kier alpha value is -1.92. The molecule has 6 heteroatoms. The monoisotopic (exact) mass is 343 g/mol. The van der Waals surface area contributed by atoms with E-state index in [2.05, 4.69) is 9.97 Å². The molecule has 2 aromatic heterocycles. The van der Waals surface area contributed by atoms with Gasteiger partial charge in [-0.2, -0.15) is 0 Å². The number of aliphatic hydroxyl groups is 1. The Balaban J connectivity index is 1.47. The Morgan fingerprint density at radius 1 is 1.21 bits per heavy atom. The van der Waals surface area contributed by atoms with Crippen molar-refractivity contribution < 1.29 is 9.90 Å². The van der Waals surface area contributed by atoms with Gasteiger partial charge in [0.1, 0.15) is 0 Å². The van der Waals surface area contributed by atoms with Gasteiger partial charge in [-0.25, -0.2) is 0 Å². The van der Waals surface area contributed by atoms with Gasteiger partial charge in [0.25, 0.3) is 0 Å². The maximum absolute atomic E-state index is 12.3. The second-order valence-corrected chi connectivity index (χ2v) is 6.94. The molecule has 0 saturated carbocycles. The average molecular weight is 343 g/mol. The molecule has 1 amide bonds. The van der Waals surface area contributed by atoms with Gasteiger partial charge in [-0.1, -0.05) is 6.07 Å². The van der Waals surface area contributed by atoms with Crippen molar-refractivity contribution in [1.29, 1.82) is 0 Å². The molecule has 0 unspecified atom stereocenters. The lowest BCUT2D eigenvalue weighted by molar-refractivity contribution is -0.130. The summed E-state index contributed by atoms with van der Waals surface area (Å²) < 4.78 is 0. The molecule has 0 spiro atoms. The molecule has 5 nitrogen and oxygen atoms in total. The van der Waals surface area contributed by atoms with Gasteiger partial charge >= 0.3 is 0 Å². The van der Waals surface area contributed by atoms with Crippen molar-refractivity contribution in [2.75, 3.05) is 18.8 Å².